The molecule has 2 aromatic rings. The third kappa shape index (κ3) is 3.26. The lowest BCUT2D eigenvalue weighted by molar-refractivity contribution is 0.102. The minimum absolute atomic E-state index is 0.0375. The van der Waals surface area contributed by atoms with Crippen molar-refractivity contribution in [1.82, 2.24) is 5.16 Å². The second-order valence-corrected chi connectivity index (χ2v) is 5.20. The number of aromatic nitrogens is 1. The summed E-state index contributed by atoms with van der Waals surface area (Å²) < 4.78 is 5.04. The zero-order chi connectivity index (χ0) is 14.5. The van der Waals surface area contributed by atoms with Crippen LogP contribution in [0.5, 0.6) is 0 Å². The van der Waals surface area contributed by atoms with Gasteiger partial charge < -0.3 is 9.63 Å². The molecule has 0 spiro atoms. The molecule has 0 saturated carbocycles. The van der Waals surface area contributed by atoms with Crippen LogP contribution in [0.25, 0.3) is 0 Å². The summed E-state index contributed by atoms with van der Waals surface area (Å²) in [6.45, 7) is 3.69. The highest BCUT2D eigenvalue weighted by Crippen LogP contribution is 2.21. The number of rotatable bonds is 3. The third-order valence-electron chi connectivity index (χ3n) is 2.66. The summed E-state index contributed by atoms with van der Waals surface area (Å²) in [6, 6.07) is 3.49. The number of aryl methyl sites for hydroxylation is 1. The quantitative estimate of drug-likeness (QED) is 0.851. The zero-order valence-corrected chi connectivity index (χ0v) is 12.0. The van der Waals surface area contributed by atoms with E-state index in [1.54, 1.807) is 12.1 Å². The Hall–Kier alpha value is -2.10. The molecular weight excluding hydrogens is 276 g/mol. The lowest BCUT2D eigenvalue weighted by atomic mass is 10.3. The standard InChI is InChI=1S/C14H14N2O3S/c1-9-10(2)16-19-14(9)15-13(18)12-7-6-11(20-12)5-3-4-8-17/h6-7,17H,4,8H2,1-2H3,(H,15,18). The molecule has 0 radical (unpaired) electrons. The first-order valence-corrected chi connectivity index (χ1v) is 6.87. The molecule has 6 heteroatoms. The molecule has 2 aromatic heterocycles. The molecule has 0 bridgehead atoms. The lowest BCUT2D eigenvalue weighted by Gasteiger charge is -1.98. The molecule has 20 heavy (non-hydrogen) atoms. The Morgan fingerprint density at radius 2 is 2.30 bits per heavy atom. The van der Waals surface area contributed by atoms with Gasteiger partial charge in [0.15, 0.2) is 0 Å². The lowest BCUT2D eigenvalue weighted by Crippen LogP contribution is -2.10. The van der Waals surface area contributed by atoms with Crippen LogP contribution in [0, 0.1) is 25.7 Å². The highest BCUT2D eigenvalue weighted by Gasteiger charge is 2.14. The number of thiophene rings is 1. The zero-order valence-electron chi connectivity index (χ0n) is 11.2. The van der Waals surface area contributed by atoms with E-state index in [0.717, 1.165) is 16.1 Å². The van der Waals surface area contributed by atoms with Crippen LogP contribution in [0.4, 0.5) is 5.88 Å². The van der Waals surface area contributed by atoms with Gasteiger partial charge in [0.05, 0.1) is 22.1 Å². The molecule has 104 valence electrons. The van der Waals surface area contributed by atoms with E-state index >= 15 is 0 Å². The molecule has 0 aliphatic rings. The summed E-state index contributed by atoms with van der Waals surface area (Å²) in [5, 5.41) is 15.1. The van der Waals surface area contributed by atoms with E-state index in [9.17, 15) is 4.79 Å². The van der Waals surface area contributed by atoms with Gasteiger partial charge in [-0.15, -0.1) is 11.3 Å². The van der Waals surface area contributed by atoms with Crippen molar-refractivity contribution < 1.29 is 14.4 Å². The minimum Gasteiger partial charge on any atom is -0.395 e. The monoisotopic (exact) mass is 290 g/mol. The average molecular weight is 290 g/mol. The minimum atomic E-state index is -0.246. The Morgan fingerprint density at radius 1 is 1.50 bits per heavy atom. The molecule has 2 rings (SSSR count). The van der Waals surface area contributed by atoms with Crippen molar-refractivity contribution in [2.45, 2.75) is 20.3 Å². The van der Waals surface area contributed by atoms with Crippen molar-refractivity contribution >= 4 is 23.1 Å². The van der Waals surface area contributed by atoms with Crippen molar-refractivity contribution in [3.63, 3.8) is 0 Å². The predicted molar refractivity (Wildman–Crippen MR) is 76.8 cm³/mol. The SMILES string of the molecule is Cc1noc(NC(=O)c2ccc(C#CCCO)s2)c1C. The van der Waals surface area contributed by atoms with Crippen LogP contribution >= 0.6 is 11.3 Å². The van der Waals surface area contributed by atoms with Crippen molar-refractivity contribution in [1.29, 1.82) is 0 Å². The number of nitrogens with zero attached hydrogens (tertiary/aromatic N) is 1. The van der Waals surface area contributed by atoms with E-state index in [1.807, 2.05) is 13.8 Å². The van der Waals surface area contributed by atoms with Gasteiger partial charge in [0.25, 0.3) is 5.91 Å². The van der Waals surface area contributed by atoms with Crippen LogP contribution in [-0.2, 0) is 0 Å². The first-order chi connectivity index (χ1) is 9.61. The number of carbonyl (C=O) groups is 1. The van der Waals surface area contributed by atoms with Crippen molar-refractivity contribution in [3.05, 3.63) is 33.1 Å². The smallest absolute Gasteiger partial charge is 0.268 e. The Kier molecular flexibility index (Phi) is 4.56. The molecule has 0 saturated heterocycles. The van der Waals surface area contributed by atoms with Crippen LogP contribution in [0.3, 0.4) is 0 Å². The molecule has 5 nitrogen and oxygen atoms in total. The highest BCUT2D eigenvalue weighted by atomic mass is 32.1. The van der Waals surface area contributed by atoms with Gasteiger partial charge in [-0.25, -0.2) is 0 Å². The second kappa shape index (κ2) is 6.37. The maximum atomic E-state index is 12.0. The summed E-state index contributed by atoms with van der Waals surface area (Å²) in [5.74, 6) is 5.83. The number of hydrogen-bond donors (Lipinski definition) is 2. The number of carbonyl (C=O) groups excluding carboxylic acids is 1. The third-order valence-corrected chi connectivity index (χ3v) is 3.66. The fourth-order valence-electron chi connectivity index (χ4n) is 1.43. The van der Waals surface area contributed by atoms with Crippen LogP contribution < -0.4 is 5.32 Å². The van der Waals surface area contributed by atoms with E-state index in [-0.39, 0.29) is 12.5 Å². The van der Waals surface area contributed by atoms with Crippen molar-refractivity contribution in [3.8, 4) is 11.8 Å². The van der Waals surface area contributed by atoms with Gasteiger partial charge >= 0.3 is 0 Å². The fraction of sp³-hybridized carbons (Fsp3) is 0.286. The van der Waals surface area contributed by atoms with Gasteiger partial charge in [0, 0.05) is 12.0 Å². The molecule has 0 atom stereocenters. The van der Waals surface area contributed by atoms with Gasteiger partial charge in [-0.05, 0) is 26.0 Å². The van der Waals surface area contributed by atoms with Gasteiger partial charge in [-0.3, -0.25) is 10.1 Å². The van der Waals surface area contributed by atoms with E-state index in [1.165, 1.54) is 11.3 Å². The summed E-state index contributed by atoms with van der Waals surface area (Å²) in [5.41, 5.74) is 1.57. The fourth-order valence-corrected chi connectivity index (χ4v) is 2.21. The van der Waals surface area contributed by atoms with Crippen molar-refractivity contribution in [2.24, 2.45) is 0 Å². The van der Waals surface area contributed by atoms with Crippen LogP contribution in [0.2, 0.25) is 0 Å². The van der Waals surface area contributed by atoms with E-state index in [4.69, 9.17) is 9.63 Å². The molecule has 1 amide bonds. The van der Waals surface area contributed by atoms with Gasteiger partial charge in [0.2, 0.25) is 5.88 Å². The summed E-state index contributed by atoms with van der Waals surface area (Å²) in [6.07, 6.45) is 0.427. The number of aliphatic hydroxyl groups excluding tert-OH is 1. The van der Waals surface area contributed by atoms with E-state index in [0.29, 0.717) is 17.2 Å². The molecule has 2 N–H and O–H groups in total. The highest BCUT2D eigenvalue weighted by molar-refractivity contribution is 7.14. The van der Waals surface area contributed by atoms with E-state index < -0.39 is 0 Å². The largest absolute Gasteiger partial charge is 0.395 e. The predicted octanol–water partition coefficient (Wildman–Crippen LogP) is 2.34. The molecule has 0 aliphatic heterocycles. The Balaban J connectivity index is 2.07. The summed E-state index contributed by atoms with van der Waals surface area (Å²) >= 11 is 1.29. The first kappa shape index (κ1) is 14.3. The second-order valence-electron chi connectivity index (χ2n) is 4.12. The Labute approximate surface area is 120 Å². The maximum Gasteiger partial charge on any atom is 0.268 e. The maximum absolute atomic E-state index is 12.0. The number of amides is 1. The summed E-state index contributed by atoms with van der Waals surface area (Å²) in [7, 11) is 0. The molecule has 2 heterocycles. The Morgan fingerprint density at radius 3 is 2.95 bits per heavy atom. The number of aliphatic hydroxyl groups is 1. The molecule has 0 aliphatic carbocycles. The number of anilines is 1. The van der Waals surface area contributed by atoms with Crippen molar-refractivity contribution in [2.75, 3.05) is 11.9 Å². The Bertz CT molecular complexity index is 676. The van der Waals surface area contributed by atoms with Crippen LogP contribution in [0.1, 0.15) is 32.2 Å². The van der Waals surface area contributed by atoms with Crippen LogP contribution in [0.15, 0.2) is 16.7 Å². The number of hydrogen-bond acceptors (Lipinski definition) is 5. The van der Waals surface area contributed by atoms with Gasteiger partial charge in [-0.1, -0.05) is 17.0 Å². The first-order valence-electron chi connectivity index (χ1n) is 6.05. The summed E-state index contributed by atoms with van der Waals surface area (Å²) in [4.78, 5) is 13.4. The topological polar surface area (TPSA) is 75.4 Å². The molecule has 0 aromatic carbocycles. The molecule has 0 unspecified atom stereocenters. The molecular formula is C14H14N2O3S. The van der Waals surface area contributed by atoms with E-state index in [2.05, 4.69) is 22.3 Å². The van der Waals surface area contributed by atoms with Gasteiger partial charge in [-0.2, -0.15) is 0 Å². The number of nitrogens with one attached hydrogen (secondary N) is 1. The average Bonchev–Trinajstić information content (AvgIpc) is 3.01. The normalized spacial score (nSPS) is 9.95. The van der Waals surface area contributed by atoms with Crippen LogP contribution in [-0.4, -0.2) is 22.8 Å². The molecule has 0 fully saturated rings. The van der Waals surface area contributed by atoms with Gasteiger partial charge in [0.1, 0.15) is 0 Å².